The van der Waals surface area contributed by atoms with E-state index in [0.717, 1.165) is 0 Å². The molecule has 0 aliphatic carbocycles. The van der Waals surface area contributed by atoms with Gasteiger partial charge in [0.2, 0.25) is 0 Å². The van der Waals surface area contributed by atoms with Crippen LogP contribution in [0.25, 0.3) is 11.3 Å². The molecule has 1 aromatic heterocycles. The van der Waals surface area contributed by atoms with Crippen LogP contribution in [0.15, 0.2) is 6.07 Å². The van der Waals surface area contributed by atoms with Crippen molar-refractivity contribution in [3.05, 3.63) is 30.9 Å². The molecule has 3 N–H and O–H groups in total. The van der Waals surface area contributed by atoms with Crippen LogP contribution in [0, 0.1) is 3.57 Å². The molecule has 0 amide bonds. The minimum atomic E-state index is -4.81. The van der Waals surface area contributed by atoms with E-state index in [2.05, 4.69) is 5.10 Å². The predicted molar refractivity (Wildman–Crippen MR) is 81.2 cm³/mol. The second kappa shape index (κ2) is 5.88. The lowest BCUT2D eigenvalue weighted by Crippen LogP contribution is -2.10. The van der Waals surface area contributed by atoms with Crippen LogP contribution in [0.2, 0.25) is 10.0 Å². The average Bonchev–Trinajstić information content (AvgIpc) is 2.75. The summed E-state index contributed by atoms with van der Waals surface area (Å²) < 4.78 is 76.3. The summed E-state index contributed by atoms with van der Waals surface area (Å²) in [6.45, 7) is 0. The van der Waals surface area contributed by atoms with Gasteiger partial charge in [0.05, 0.1) is 24.9 Å². The molecule has 1 aromatic carbocycles. The smallest absolute Gasteiger partial charge is 0.397 e. The Hall–Kier alpha value is -0.880. The van der Waals surface area contributed by atoms with Crippen molar-refractivity contribution in [2.24, 2.45) is 0 Å². The zero-order valence-corrected chi connectivity index (χ0v) is 14.2. The summed E-state index contributed by atoms with van der Waals surface area (Å²) in [5.41, 5.74) is 1.41. The van der Waals surface area contributed by atoms with Crippen molar-refractivity contribution < 1.29 is 26.3 Å². The largest absolute Gasteiger partial charge is 0.433 e. The van der Waals surface area contributed by atoms with Crippen molar-refractivity contribution in [2.45, 2.75) is 12.4 Å². The van der Waals surface area contributed by atoms with E-state index in [1.165, 1.54) is 22.6 Å². The Bertz CT molecular complexity index is 769. The van der Waals surface area contributed by atoms with Crippen LogP contribution in [0.4, 0.5) is 32.0 Å². The third-order valence-corrected chi connectivity index (χ3v) is 4.53. The van der Waals surface area contributed by atoms with Gasteiger partial charge in [-0.2, -0.15) is 31.4 Å². The minimum Gasteiger partial charge on any atom is -0.397 e. The maximum Gasteiger partial charge on any atom is 0.433 e. The van der Waals surface area contributed by atoms with E-state index >= 15 is 0 Å². The third kappa shape index (κ3) is 3.33. The Morgan fingerprint density at radius 2 is 1.65 bits per heavy atom. The molecule has 2 rings (SSSR count). The first kappa shape index (κ1) is 18.5. The van der Waals surface area contributed by atoms with E-state index in [0.29, 0.717) is 6.07 Å². The molecule has 12 heteroatoms. The number of benzene rings is 1. The Kier molecular flexibility index (Phi) is 4.72. The number of rotatable bonds is 1. The molecule has 0 fully saturated rings. The molecular formula is C11H4Cl2F6IN3. The van der Waals surface area contributed by atoms with Crippen LogP contribution in [-0.2, 0) is 12.4 Å². The fourth-order valence-electron chi connectivity index (χ4n) is 1.77. The Morgan fingerprint density at radius 1 is 1.09 bits per heavy atom. The number of nitrogens with zero attached hydrogens (tertiary/aromatic N) is 1. The molecule has 0 atom stereocenters. The Labute approximate surface area is 148 Å². The van der Waals surface area contributed by atoms with Gasteiger partial charge in [-0.1, -0.05) is 23.2 Å². The summed E-state index contributed by atoms with van der Waals surface area (Å²) in [6.07, 6.45) is -9.54. The molecule has 0 saturated heterocycles. The summed E-state index contributed by atoms with van der Waals surface area (Å²) in [4.78, 5) is 0. The molecule has 0 saturated carbocycles. The second-order valence-electron chi connectivity index (χ2n) is 4.27. The fourth-order valence-corrected chi connectivity index (χ4v) is 3.22. The topological polar surface area (TPSA) is 54.7 Å². The second-order valence-corrected chi connectivity index (χ2v) is 6.13. The summed E-state index contributed by atoms with van der Waals surface area (Å²) >= 11 is 12.9. The highest BCUT2D eigenvalue weighted by Crippen LogP contribution is 2.47. The van der Waals surface area contributed by atoms with Crippen LogP contribution < -0.4 is 5.73 Å². The number of hydrogen-bond donors (Lipinski definition) is 2. The van der Waals surface area contributed by atoms with Crippen molar-refractivity contribution in [1.29, 1.82) is 0 Å². The number of hydrogen-bond acceptors (Lipinski definition) is 2. The first-order chi connectivity index (χ1) is 10.4. The van der Waals surface area contributed by atoms with Gasteiger partial charge in [-0.3, -0.25) is 5.10 Å². The lowest BCUT2D eigenvalue weighted by atomic mass is 10.1. The lowest BCUT2D eigenvalue weighted by Gasteiger charge is -2.15. The van der Waals surface area contributed by atoms with Gasteiger partial charge in [-0.15, -0.1) is 0 Å². The summed E-state index contributed by atoms with van der Waals surface area (Å²) in [5.74, 6) is 0. The first-order valence-corrected chi connectivity index (χ1v) is 7.35. The molecule has 0 radical (unpaired) electrons. The van der Waals surface area contributed by atoms with Crippen LogP contribution in [0.3, 0.4) is 0 Å². The van der Waals surface area contributed by atoms with Gasteiger partial charge in [-0.25, -0.2) is 0 Å². The molecule has 1 heterocycles. The molecule has 3 nitrogen and oxygen atoms in total. The van der Waals surface area contributed by atoms with Crippen LogP contribution in [-0.4, -0.2) is 10.2 Å². The van der Waals surface area contributed by atoms with Gasteiger partial charge in [-0.05, 0) is 28.7 Å². The van der Waals surface area contributed by atoms with Gasteiger partial charge in [0.25, 0.3) is 0 Å². The zero-order valence-electron chi connectivity index (χ0n) is 10.5. The number of aromatic amines is 1. The molecule has 0 aliphatic rings. The van der Waals surface area contributed by atoms with Crippen LogP contribution >= 0.6 is 45.8 Å². The third-order valence-electron chi connectivity index (χ3n) is 2.79. The van der Waals surface area contributed by atoms with Gasteiger partial charge in [0.15, 0.2) is 5.69 Å². The molecular weight excluding hydrogens is 486 g/mol. The molecule has 0 bridgehead atoms. The van der Waals surface area contributed by atoms with Crippen molar-refractivity contribution in [1.82, 2.24) is 10.2 Å². The van der Waals surface area contributed by atoms with Crippen molar-refractivity contribution in [2.75, 3.05) is 5.73 Å². The fraction of sp³-hybridized carbons (Fsp3) is 0.182. The number of nitrogens with two attached hydrogens (primary N) is 1. The number of H-pyrrole nitrogens is 1. The van der Waals surface area contributed by atoms with E-state index in [4.69, 9.17) is 28.9 Å². The number of alkyl halides is 6. The quantitative estimate of drug-likeness (QED) is 0.311. The van der Waals surface area contributed by atoms with Gasteiger partial charge in [0.1, 0.15) is 5.69 Å². The standard InChI is InChI=1S/C11H4Cl2F6IN3/c12-3-1-2(10(14,15)16)7(21)5(13)4(3)8-6(20)9(23-22-8)11(17,18)19/h1H,21H2,(H,22,23). The highest BCUT2D eigenvalue weighted by Gasteiger charge is 2.39. The number of anilines is 1. The molecule has 23 heavy (non-hydrogen) atoms. The highest BCUT2D eigenvalue weighted by atomic mass is 127. The number of halogens is 9. The summed E-state index contributed by atoms with van der Waals surface area (Å²) in [7, 11) is 0. The predicted octanol–water partition coefficient (Wildman–Crippen LogP) is 5.61. The van der Waals surface area contributed by atoms with Crippen LogP contribution in [0.1, 0.15) is 11.3 Å². The molecule has 2 aromatic rings. The normalized spacial score (nSPS) is 12.7. The highest BCUT2D eigenvalue weighted by molar-refractivity contribution is 14.1. The molecule has 0 unspecified atom stereocenters. The lowest BCUT2D eigenvalue weighted by molar-refractivity contribution is -0.142. The van der Waals surface area contributed by atoms with Crippen molar-refractivity contribution in [3.63, 3.8) is 0 Å². The maximum atomic E-state index is 12.8. The van der Waals surface area contributed by atoms with E-state index < -0.39 is 42.9 Å². The van der Waals surface area contributed by atoms with E-state index in [-0.39, 0.29) is 11.3 Å². The first-order valence-electron chi connectivity index (χ1n) is 5.51. The molecule has 0 spiro atoms. The van der Waals surface area contributed by atoms with Crippen molar-refractivity contribution in [3.8, 4) is 11.3 Å². The average molecular weight is 490 g/mol. The van der Waals surface area contributed by atoms with Gasteiger partial charge < -0.3 is 5.73 Å². The van der Waals surface area contributed by atoms with Gasteiger partial charge in [0, 0.05) is 5.56 Å². The zero-order chi connectivity index (χ0) is 17.7. The Balaban J connectivity index is 2.72. The monoisotopic (exact) mass is 489 g/mol. The van der Waals surface area contributed by atoms with E-state index in [1.807, 2.05) is 0 Å². The number of aromatic nitrogens is 2. The SMILES string of the molecule is Nc1c(C(F)(F)F)cc(Cl)c(-c2n[nH]c(C(F)(F)F)c2I)c1Cl. The van der Waals surface area contributed by atoms with E-state index in [9.17, 15) is 26.3 Å². The maximum absolute atomic E-state index is 12.8. The van der Waals surface area contributed by atoms with E-state index in [1.54, 1.807) is 5.10 Å². The molecule has 0 aliphatic heterocycles. The Morgan fingerprint density at radius 3 is 2.09 bits per heavy atom. The summed E-state index contributed by atoms with van der Waals surface area (Å²) in [6, 6.07) is 0.496. The number of nitrogens with one attached hydrogen (secondary N) is 1. The number of nitrogen functional groups attached to an aromatic ring is 1. The summed E-state index contributed by atoms with van der Waals surface area (Å²) in [5, 5.41) is 4.08. The van der Waals surface area contributed by atoms with Crippen molar-refractivity contribution >= 4 is 51.5 Å². The minimum absolute atomic E-state index is 0.310. The van der Waals surface area contributed by atoms with Crippen LogP contribution in [0.5, 0.6) is 0 Å². The van der Waals surface area contributed by atoms with Gasteiger partial charge >= 0.3 is 12.4 Å². The molecule has 126 valence electrons.